The summed E-state index contributed by atoms with van der Waals surface area (Å²) in [5.74, 6) is -0.809. The maximum atomic E-state index is 12.6. The lowest BCUT2D eigenvalue weighted by Crippen LogP contribution is -2.53. The number of carbonyl (C=O) groups is 2. The SMILES string of the molecule is CCOC(=O)C1(NC(=O)c2cnn(-c3ccc([N+](=O)[O-])cc3)c2)CCCC1. The first-order valence-electron chi connectivity index (χ1n) is 8.74. The van der Waals surface area contributed by atoms with Crippen LogP contribution in [0.2, 0.25) is 0 Å². The van der Waals surface area contributed by atoms with E-state index < -0.39 is 22.3 Å². The summed E-state index contributed by atoms with van der Waals surface area (Å²) in [5, 5.41) is 17.7. The van der Waals surface area contributed by atoms with Gasteiger partial charge in [0.15, 0.2) is 0 Å². The van der Waals surface area contributed by atoms with Crippen LogP contribution < -0.4 is 5.32 Å². The molecule has 0 radical (unpaired) electrons. The fraction of sp³-hybridized carbons (Fsp3) is 0.389. The molecule has 9 heteroatoms. The average Bonchev–Trinajstić information content (AvgIpc) is 3.32. The number of nitro benzene ring substituents is 1. The van der Waals surface area contributed by atoms with Crippen molar-refractivity contribution in [3.63, 3.8) is 0 Å². The van der Waals surface area contributed by atoms with Crippen molar-refractivity contribution < 1.29 is 19.2 Å². The van der Waals surface area contributed by atoms with Gasteiger partial charge >= 0.3 is 5.97 Å². The Kier molecular flexibility index (Phi) is 5.20. The molecule has 0 spiro atoms. The lowest BCUT2D eigenvalue weighted by atomic mass is 9.97. The third-order valence-corrected chi connectivity index (χ3v) is 4.65. The number of nitrogens with one attached hydrogen (secondary N) is 1. The molecule has 2 aromatic rings. The van der Waals surface area contributed by atoms with Gasteiger partial charge in [0.2, 0.25) is 0 Å². The first kappa shape index (κ1) is 18.6. The predicted octanol–water partition coefficient (Wildman–Crippen LogP) is 2.39. The maximum Gasteiger partial charge on any atom is 0.331 e. The van der Waals surface area contributed by atoms with Gasteiger partial charge in [0.1, 0.15) is 5.54 Å². The number of benzene rings is 1. The van der Waals surface area contributed by atoms with Crippen molar-refractivity contribution in [3.8, 4) is 5.69 Å². The van der Waals surface area contributed by atoms with Crippen molar-refractivity contribution in [1.82, 2.24) is 15.1 Å². The largest absolute Gasteiger partial charge is 0.464 e. The van der Waals surface area contributed by atoms with Crippen molar-refractivity contribution in [2.45, 2.75) is 38.1 Å². The summed E-state index contributed by atoms with van der Waals surface area (Å²) in [6.07, 6.45) is 5.71. The van der Waals surface area contributed by atoms with E-state index in [-0.39, 0.29) is 12.3 Å². The first-order valence-corrected chi connectivity index (χ1v) is 8.74. The molecule has 0 unspecified atom stereocenters. The normalized spacial score (nSPS) is 15.3. The second-order valence-electron chi connectivity index (χ2n) is 6.41. The molecule has 1 aromatic heterocycles. The van der Waals surface area contributed by atoms with E-state index in [1.165, 1.54) is 29.2 Å². The molecule has 0 saturated heterocycles. The Morgan fingerprint density at radius 3 is 2.56 bits per heavy atom. The van der Waals surface area contributed by atoms with E-state index in [1.54, 1.807) is 19.1 Å². The minimum absolute atomic E-state index is 0.0264. The van der Waals surface area contributed by atoms with Gasteiger partial charge in [-0.3, -0.25) is 14.9 Å². The van der Waals surface area contributed by atoms with E-state index in [4.69, 9.17) is 4.74 Å². The number of carbonyl (C=O) groups excluding carboxylic acids is 2. The summed E-state index contributed by atoms with van der Waals surface area (Å²) in [4.78, 5) is 35.2. The van der Waals surface area contributed by atoms with Gasteiger partial charge in [-0.2, -0.15) is 5.10 Å². The van der Waals surface area contributed by atoms with Crippen molar-refractivity contribution in [1.29, 1.82) is 0 Å². The third-order valence-electron chi connectivity index (χ3n) is 4.65. The Hall–Kier alpha value is -3.23. The second kappa shape index (κ2) is 7.56. The number of ether oxygens (including phenoxy) is 1. The number of aromatic nitrogens is 2. The minimum Gasteiger partial charge on any atom is -0.464 e. The maximum absolute atomic E-state index is 12.6. The van der Waals surface area contributed by atoms with Gasteiger partial charge in [0.05, 0.1) is 29.0 Å². The number of nitrogens with zero attached hydrogens (tertiary/aromatic N) is 3. The summed E-state index contributed by atoms with van der Waals surface area (Å²) < 4.78 is 6.59. The molecule has 0 atom stereocenters. The molecule has 3 rings (SSSR count). The van der Waals surface area contributed by atoms with Gasteiger partial charge in [-0.15, -0.1) is 0 Å². The topological polar surface area (TPSA) is 116 Å². The summed E-state index contributed by atoms with van der Waals surface area (Å²) in [6, 6.07) is 5.82. The molecular weight excluding hydrogens is 352 g/mol. The zero-order valence-corrected chi connectivity index (χ0v) is 14.9. The Balaban J connectivity index is 1.76. The van der Waals surface area contributed by atoms with Gasteiger partial charge in [-0.1, -0.05) is 12.8 Å². The molecule has 9 nitrogen and oxygen atoms in total. The van der Waals surface area contributed by atoms with Crippen molar-refractivity contribution in [2.24, 2.45) is 0 Å². The molecule has 1 N–H and O–H groups in total. The molecule has 1 aliphatic rings. The highest BCUT2D eigenvalue weighted by Gasteiger charge is 2.44. The molecule has 1 saturated carbocycles. The van der Waals surface area contributed by atoms with Gasteiger partial charge in [-0.25, -0.2) is 9.48 Å². The van der Waals surface area contributed by atoms with Gasteiger partial charge in [-0.05, 0) is 31.9 Å². The summed E-state index contributed by atoms with van der Waals surface area (Å²) in [6.45, 7) is 1.99. The molecule has 27 heavy (non-hydrogen) atoms. The molecule has 142 valence electrons. The van der Waals surface area contributed by atoms with E-state index >= 15 is 0 Å². The smallest absolute Gasteiger partial charge is 0.331 e. The molecule has 1 heterocycles. The fourth-order valence-electron chi connectivity index (χ4n) is 3.23. The summed E-state index contributed by atoms with van der Waals surface area (Å²) in [5.41, 5.74) is -0.131. The van der Waals surface area contributed by atoms with E-state index in [0.717, 1.165) is 12.8 Å². The zero-order valence-electron chi connectivity index (χ0n) is 14.9. The highest BCUT2D eigenvalue weighted by atomic mass is 16.6. The Morgan fingerprint density at radius 2 is 1.96 bits per heavy atom. The van der Waals surface area contributed by atoms with Crippen LogP contribution in [0.25, 0.3) is 5.69 Å². The molecule has 0 aliphatic heterocycles. The summed E-state index contributed by atoms with van der Waals surface area (Å²) >= 11 is 0. The van der Waals surface area contributed by atoms with Crippen molar-refractivity contribution in [3.05, 3.63) is 52.3 Å². The van der Waals surface area contributed by atoms with Gasteiger partial charge in [0, 0.05) is 18.3 Å². The van der Waals surface area contributed by atoms with Crippen LogP contribution in [0.5, 0.6) is 0 Å². The molecule has 1 aromatic carbocycles. The zero-order chi connectivity index (χ0) is 19.4. The lowest BCUT2D eigenvalue weighted by Gasteiger charge is -2.27. The van der Waals surface area contributed by atoms with Crippen molar-refractivity contribution >= 4 is 17.6 Å². The van der Waals surface area contributed by atoms with Crippen molar-refractivity contribution in [2.75, 3.05) is 6.61 Å². The molecule has 1 fully saturated rings. The highest BCUT2D eigenvalue weighted by Crippen LogP contribution is 2.31. The van der Waals surface area contributed by atoms with Gasteiger partial charge < -0.3 is 10.1 Å². The standard InChI is InChI=1S/C18H20N4O5/c1-2-27-17(24)18(9-3-4-10-18)20-16(23)13-11-19-21(12-13)14-5-7-15(8-6-14)22(25)26/h5-8,11-12H,2-4,9-10H2,1H3,(H,20,23). The number of non-ortho nitro benzene ring substituents is 1. The Labute approximate surface area is 155 Å². The van der Waals surface area contributed by atoms with Crippen LogP contribution in [-0.2, 0) is 9.53 Å². The number of hydrogen-bond acceptors (Lipinski definition) is 6. The highest BCUT2D eigenvalue weighted by molar-refractivity contribution is 5.98. The van der Waals surface area contributed by atoms with Crippen LogP contribution in [0.1, 0.15) is 43.0 Å². The van der Waals surface area contributed by atoms with E-state index in [1.807, 2.05) is 0 Å². The van der Waals surface area contributed by atoms with E-state index in [0.29, 0.717) is 24.1 Å². The molecule has 1 amide bonds. The monoisotopic (exact) mass is 372 g/mol. The fourth-order valence-corrected chi connectivity index (χ4v) is 3.23. The Bertz CT molecular complexity index is 853. The predicted molar refractivity (Wildman–Crippen MR) is 95.5 cm³/mol. The first-order chi connectivity index (χ1) is 12.9. The van der Waals surface area contributed by atoms with Crippen LogP contribution >= 0.6 is 0 Å². The summed E-state index contributed by atoms with van der Waals surface area (Å²) in [7, 11) is 0. The van der Waals surface area contributed by atoms with Crippen LogP contribution in [-0.4, -0.2) is 38.7 Å². The van der Waals surface area contributed by atoms with Crippen LogP contribution in [0.3, 0.4) is 0 Å². The average molecular weight is 372 g/mol. The molecule has 0 bridgehead atoms. The second-order valence-corrected chi connectivity index (χ2v) is 6.41. The number of amides is 1. The Morgan fingerprint density at radius 1 is 1.30 bits per heavy atom. The van der Waals surface area contributed by atoms with E-state index in [9.17, 15) is 19.7 Å². The lowest BCUT2D eigenvalue weighted by molar-refractivity contribution is -0.384. The van der Waals surface area contributed by atoms with Crippen LogP contribution in [0.4, 0.5) is 5.69 Å². The van der Waals surface area contributed by atoms with Crippen LogP contribution in [0, 0.1) is 10.1 Å². The molecule has 1 aliphatic carbocycles. The van der Waals surface area contributed by atoms with Gasteiger partial charge in [0.25, 0.3) is 11.6 Å². The number of nitro groups is 1. The number of rotatable bonds is 6. The number of hydrogen-bond donors (Lipinski definition) is 1. The van der Waals surface area contributed by atoms with E-state index in [2.05, 4.69) is 10.4 Å². The third kappa shape index (κ3) is 3.81. The number of esters is 1. The minimum atomic E-state index is -0.984. The quantitative estimate of drug-likeness (QED) is 0.473. The van der Waals surface area contributed by atoms with Crippen LogP contribution in [0.15, 0.2) is 36.7 Å². The molecular formula is C18H20N4O5.